The minimum atomic E-state index is -1.33. The minimum absolute atomic E-state index is 0.0570. The Balaban J connectivity index is 1.33. The van der Waals surface area contributed by atoms with Crippen molar-refractivity contribution < 1.29 is 43.3 Å². The third kappa shape index (κ3) is 4.86. The second kappa shape index (κ2) is 11.7. The van der Waals surface area contributed by atoms with E-state index in [-0.39, 0.29) is 46.3 Å². The number of aromatic carboxylic acids is 1. The van der Waals surface area contributed by atoms with Gasteiger partial charge in [0.1, 0.15) is 5.82 Å². The van der Waals surface area contributed by atoms with Gasteiger partial charge in [-0.25, -0.2) is 14.1 Å². The monoisotopic (exact) mass is 684 g/mol. The first-order valence-electron chi connectivity index (χ1n) is 15.7. The van der Waals surface area contributed by atoms with Crippen LogP contribution in [0, 0.1) is 40.8 Å². The van der Waals surface area contributed by atoms with E-state index in [2.05, 4.69) is 0 Å². The predicted molar refractivity (Wildman–Crippen MR) is 176 cm³/mol. The maximum Gasteiger partial charge on any atom is 0.335 e. The molecule has 7 rings (SSSR count). The molecule has 2 heterocycles. The molecule has 3 fully saturated rings. The first kappa shape index (κ1) is 32.3. The van der Waals surface area contributed by atoms with Crippen molar-refractivity contribution in [3.8, 4) is 11.5 Å². The summed E-state index contributed by atoms with van der Waals surface area (Å²) in [7, 11) is 1.42. The Morgan fingerprint density at radius 1 is 0.980 bits per heavy atom. The van der Waals surface area contributed by atoms with Crippen molar-refractivity contribution >= 4 is 58.6 Å². The Morgan fingerprint density at radius 3 is 2.45 bits per heavy atom. The number of amides is 4. The van der Waals surface area contributed by atoms with Crippen molar-refractivity contribution in [1.29, 1.82) is 0 Å². The van der Waals surface area contributed by atoms with Crippen LogP contribution >= 0.6 is 11.6 Å². The summed E-state index contributed by atoms with van der Waals surface area (Å²) in [5.74, 6) is -7.54. The van der Waals surface area contributed by atoms with E-state index in [1.54, 1.807) is 31.2 Å². The van der Waals surface area contributed by atoms with Crippen molar-refractivity contribution in [2.24, 2.45) is 35.0 Å². The molecule has 2 aliphatic carbocycles. The summed E-state index contributed by atoms with van der Waals surface area (Å²) in [4.78, 5) is 70.5. The fraction of sp³-hybridized carbons (Fsp3) is 0.270. The van der Waals surface area contributed by atoms with Gasteiger partial charge in [-0.15, -0.1) is 0 Å². The smallest absolute Gasteiger partial charge is 0.335 e. The lowest BCUT2D eigenvalue weighted by Crippen LogP contribution is -2.49. The third-order valence-corrected chi connectivity index (χ3v) is 10.8. The van der Waals surface area contributed by atoms with Crippen LogP contribution in [0.15, 0.2) is 78.4 Å². The van der Waals surface area contributed by atoms with Crippen LogP contribution < -0.4 is 14.5 Å². The number of nitrogens with zero attached hydrogens (tertiary/aromatic N) is 2. The molecule has 0 bridgehead atoms. The molecule has 4 aliphatic rings. The van der Waals surface area contributed by atoms with Crippen LogP contribution in [-0.2, 0) is 19.2 Å². The van der Waals surface area contributed by atoms with Crippen LogP contribution in [0.1, 0.15) is 35.7 Å². The van der Waals surface area contributed by atoms with Gasteiger partial charge in [0.2, 0.25) is 23.6 Å². The Bertz CT molecular complexity index is 2040. The van der Waals surface area contributed by atoms with E-state index in [9.17, 15) is 38.6 Å². The van der Waals surface area contributed by atoms with Crippen LogP contribution in [0.25, 0.3) is 6.08 Å². The van der Waals surface area contributed by atoms with Gasteiger partial charge in [0.05, 0.1) is 52.2 Å². The average molecular weight is 685 g/mol. The van der Waals surface area contributed by atoms with E-state index in [0.29, 0.717) is 5.56 Å². The average Bonchev–Trinajstić information content (AvgIpc) is 3.45. The number of carbonyl (C=O) groups is 5. The number of phenols is 1. The van der Waals surface area contributed by atoms with E-state index >= 15 is 0 Å². The van der Waals surface area contributed by atoms with Crippen molar-refractivity contribution in [2.45, 2.75) is 19.8 Å². The number of benzene rings is 3. The van der Waals surface area contributed by atoms with Crippen LogP contribution in [0.4, 0.5) is 15.8 Å². The zero-order valence-electron chi connectivity index (χ0n) is 26.3. The Hall–Kier alpha value is -5.29. The minimum Gasteiger partial charge on any atom is -0.504 e. The molecular formula is C37H30ClFN2O8. The number of carboxylic acids is 1. The number of phenolic OH excluding ortho intramolecular Hbond substituents is 1. The van der Waals surface area contributed by atoms with E-state index < -0.39 is 70.4 Å². The van der Waals surface area contributed by atoms with Crippen LogP contribution in [0.5, 0.6) is 11.5 Å². The lowest BCUT2D eigenvalue weighted by molar-refractivity contribution is -0.132. The van der Waals surface area contributed by atoms with Gasteiger partial charge in [-0.2, -0.15) is 0 Å². The van der Waals surface area contributed by atoms with Crippen LogP contribution in [0.2, 0.25) is 5.02 Å². The number of aromatic hydroxyl groups is 1. The molecule has 12 heteroatoms. The second-order valence-electron chi connectivity index (χ2n) is 13.0. The normalized spacial score (nSPS) is 27.7. The maximum absolute atomic E-state index is 14.5. The number of ether oxygens (including phenoxy) is 1. The standard InChI is InChI=1S/C37H30ClFN2O8/c1-37-25(11-6-18-7-13-29(42)30(14-18)49-2)22-9-10-23-31(34(45)40(32(23)43)20-5-3-4-19(15-20)35(46)47)24(22)17-26(37)33(44)41(36(37)48)21-8-12-28(39)27(38)16-21/h3-9,11-16,23-26,31,42H,10,17H2,1-2H3,(H,46,47). The molecule has 4 amide bonds. The zero-order chi connectivity index (χ0) is 34.9. The number of rotatable bonds is 6. The Labute approximate surface area is 285 Å². The van der Waals surface area contributed by atoms with Gasteiger partial charge >= 0.3 is 5.97 Å². The van der Waals surface area contributed by atoms with Gasteiger partial charge in [0, 0.05) is 5.92 Å². The Morgan fingerprint density at radius 2 is 1.73 bits per heavy atom. The molecule has 3 aromatic carbocycles. The van der Waals surface area contributed by atoms with Crippen molar-refractivity contribution in [3.05, 3.63) is 100 Å². The summed E-state index contributed by atoms with van der Waals surface area (Å²) in [6.07, 6.45) is 5.74. The highest BCUT2D eigenvalue weighted by molar-refractivity contribution is 6.32. The van der Waals surface area contributed by atoms with E-state index in [1.165, 1.54) is 49.6 Å². The molecule has 6 unspecified atom stereocenters. The molecule has 2 N–H and O–H groups in total. The summed E-state index contributed by atoms with van der Waals surface area (Å²) in [5, 5.41) is 19.4. The third-order valence-electron chi connectivity index (χ3n) is 10.5. The molecule has 0 spiro atoms. The molecule has 2 aliphatic heterocycles. The number of allylic oxidation sites excluding steroid dienone is 3. The van der Waals surface area contributed by atoms with E-state index in [1.807, 2.05) is 6.08 Å². The predicted octanol–water partition coefficient (Wildman–Crippen LogP) is 5.87. The number of carboxylic acid groups (broad SMARTS) is 1. The number of fused-ring (bicyclic) bond motifs is 4. The molecule has 6 atom stereocenters. The van der Waals surface area contributed by atoms with Gasteiger partial charge in [0.15, 0.2) is 11.5 Å². The maximum atomic E-state index is 14.5. The highest BCUT2D eigenvalue weighted by Crippen LogP contribution is 2.61. The topological polar surface area (TPSA) is 142 Å². The number of carbonyl (C=O) groups excluding carboxylic acids is 4. The van der Waals surface area contributed by atoms with Crippen LogP contribution in [0.3, 0.4) is 0 Å². The zero-order valence-corrected chi connectivity index (χ0v) is 27.1. The van der Waals surface area contributed by atoms with Gasteiger partial charge in [-0.05, 0) is 79.8 Å². The summed E-state index contributed by atoms with van der Waals surface area (Å²) in [6, 6.07) is 14.0. The van der Waals surface area contributed by atoms with Crippen molar-refractivity contribution in [1.82, 2.24) is 0 Å². The summed E-state index contributed by atoms with van der Waals surface area (Å²) >= 11 is 6.06. The molecule has 2 saturated heterocycles. The molecule has 0 aromatic heterocycles. The molecular weight excluding hydrogens is 655 g/mol. The van der Waals surface area contributed by atoms with Crippen LogP contribution in [-0.4, -0.2) is 46.9 Å². The summed E-state index contributed by atoms with van der Waals surface area (Å²) in [6.45, 7) is 1.71. The summed E-state index contributed by atoms with van der Waals surface area (Å²) in [5.41, 5.74) is 0.245. The highest BCUT2D eigenvalue weighted by Gasteiger charge is 2.67. The molecule has 1 saturated carbocycles. The largest absolute Gasteiger partial charge is 0.504 e. The fourth-order valence-electron chi connectivity index (χ4n) is 8.13. The van der Waals surface area contributed by atoms with E-state index in [0.717, 1.165) is 21.4 Å². The number of methoxy groups -OCH3 is 1. The van der Waals surface area contributed by atoms with Crippen molar-refractivity contribution in [3.63, 3.8) is 0 Å². The Kier molecular flexibility index (Phi) is 7.70. The molecule has 0 radical (unpaired) electrons. The summed E-state index contributed by atoms with van der Waals surface area (Å²) < 4.78 is 19.4. The number of hydrogen-bond donors (Lipinski definition) is 2. The van der Waals surface area contributed by atoms with Gasteiger partial charge in [0.25, 0.3) is 0 Å². The SMILES string of the molecule is COc1cc(C=CC2C3=CCC4C(=O)N(c5cccc(C(=O)O)c5)C(=O)C4C3CC3C(=O)N(c4ccc(F)c(Cl)c4)C(=O)C23C)ccc1O. The number of anilines is 2. The number of halogens is 2. The fourth-order valence-corrected chi connectivity index (χ4v) is 8.30. The molecule has 250 valence electrons. The number of imide groups is 2. The lowest BCUT2D eigenvalue weighted by Gasteiger charge is -2.47. The number of hydrogen-bond acceptors (Lipinski definition) is 7. The van der Waals surface area contributed by atoms with Gasteiger partial charge in [-0.1, -0.05) is 47.5 Å². The first-order chi connectivity index (χ1) is 23.4. The van der Waals surface area contributed by atoms with Gasteiger partial charge in [-0.3, -0.25) is 24.1 Å². The molecule has 10 nitrogen and oxygen atoms in total. The van der Waals surface area contributed by atoms with Crippen molar-refractivity contribution in [2.75, 3.05) is 16.9 Å². The second-order valence-corrected chi connectivity index (χ2v) is 13.4. The lowest BCUT2D eigenvalue weighted by atomic mass is 9.52. The molecule has 49 heavy (non-hydrogen) atoms. The molecule has 3 aromatic rings. The van der Waals surface area contributed by atoms with E-state index in [4.69, 9.17) is 16.3 Å². The first-order valence-corrected chi connectivity index (χ1v) is 16.0. The highest BCUT2D eigenvalue weighted by atomic mass is 35.5. The van der Waals surface area contributed by atoms with Gasteiger partial charge < -0.3 is 14.9 Å². The quantitative estimate of drug-likeness (QED) is 0.243.